The summed E-state index contributed by atoms with van der Waals surface area (Å²) in [5.41, 5.74) is 0.599. The summed E-state index contributed by atoms with van der Waals surface area (Å²) in [5.74, 6) is 0.703. The SMILES string of the molecule is CCC(C)N(C(=O)C1CSc2ncc(C)c(=O)n2C1)C(C)CC. The minimum Gasteiger partial charge on any atom is -0.337 e. The van der Waals surface area contributed by atoms with Crippen LogP contribution < -0.4 is 5.56 Å². The summed E-state index contributed by atoms with van der Waals surface area (Å²) in [5, 5.41) is 0.725. The van der Waals surface area contributed by atoms with Crippen molar-refractivity contribution in [1.29, 1.82) is 0 Å². The Kier molecular flexibility index (Phi) is 5.89. The third-order valence-electron chi connectivity index (χ3n) is 4.73. The van der Waals surface area contributed by atoms with Gasteiger partial charge in [0.05, 0.1) is 5.92 Å². The molecule has 0 spiro atoms. The van der Waals surface area contributed by atoms with Crippen LogP contribution in [0.15, 0.2) is 16.1 Å². The molecule has 3 atom stereocenters. The van der Waals surface area contributed by atoms with Gasteiger partial charge in [0.25, 0.3) is 5.56 Å². The van der Waals surface area contributed by atoms with Crippen molar-refractivity contribution in [3.8, 4) is 0 Å². The van der Waals surface area contributed by atoms with Crippen molar-refractivity contribution < 1.29 is 4.79 Å². The van der Waals surface area contributed by atoms with E-state index in [9.17, 15) is 9.59 Å². The van der Waals surface area contributed by atoms with Gasteiger partial charge in [0.2, 0.25) is 5.91 Å². The third kappa shape index (κ3) is 3.62. The van der Waals surface area contributed by atoms with Gasteiger partial charge in [-0.3, -0.25) is 14.2 Å². The molecule has 0 bridgehead atoms. The van der Waals surface area contributed by atoms with E-state index in [4.69, 9.17) is 0 Å². The molecule has 6 heteroatoms. The van der Waals surface area contributed by atoms with Crippen molar-refractivity contribution in [3.05, 3.63) is 22.1 Å². The Morgan fingerprint density at radius 2 is 2.00 bits per heavy atom. The Morgan fingerprint density at radius 1 is 1.39 bits per heavy atom. The van der Waals surface area contributed by atoms with Gasteiger partial charge < -0.3 is 4.90 Å². The number of nitrogens with zero attached hydrogens (tertiary/aromatic N) is 3. The number of fused-ring (bicyclic) bond motifs is 1. The average Bonchev–Trinajstić information content (AvgIpc) is 2.57. The summed E-state index contributed by atoms with van der Waals surface area (Å²) >= 11 is 1.51. The van der Waals surface area contributed by atoms with E-state index < -0.39 is 0 Å². The lowest BCUT2D eigenvalue weighted by atomic mass is 10.0. The lowest BCUT2D eigenvalue weighted by Gasteiger charge is -2.37. The number of hydrogen-bond acceptors (Lipinski definition) is 4. The Labute approximate surface area is 142 Å². The molecular formula is C17H27N3O2S. The highest BCUT2D eigenvalue weighted by molar-refractivity contribution is 7.99. The Morgan fingerprint density at radius 3 is 2.57 bits per heavy atom. The Balaban J connectivity index is 2.26. The molecule has 0 saturated heterocycles. The maximum atomic E-state index is 13.1. The zero-order valence-electron chi connectivity index (χ0n) is 14.7. The van der Waals surface area contributed by atoms with Gasteiger partial charge in [0, 0.05) is 36.1 Å². The summed E-state index contributed by atoms with van der Waals surface area (Å²) in [4.78, 5) is 31.7. The first-order valence-electron chi connectivity index (χ1n) is 8.42. The molecule has 1 amide bonds. The van der Waals surface area contributed by atoms with Gasteiger partial charge in [-0.25, -0.2) is 4.98 Å². The maximum Gasteiger partial charge on any atom is 0.257 e. The van der Waals surface area contributed by atoms with Crippen LogP contribution >= 0.6 is 11.8 Å². The second-order valence-corrected chi connectivity index (χ2v) is 7.39. The van der Waals surface area contributed by atoms with Crippen molar-refractivity contribution in [2.24, 2.45) is 5.92 Å². The van der Waals surface area contributed by atoms with Crippen molar-refractivity contribution in [2.75, 3.05) is 5.75 Å². The molecular weight excluding hydrogens is 310 g/mol. The van der Waals surface area contributed by atoms with Gasteiger partial charge in [-0.2, -0.15) is 0 Å². The zero-order valence-corrected chi connectivity index (χ0v) is 15.5. The van der Waals surface area contributed by atoms with Crippen molar-refractivity contribution in [2.45, 2.75) is 71.2 Å². The summed E-state index contributed by atoms with van der Waals surface area (Å²) < 4.78 is 1.66. The number of amides is 1. The smallest absolute Gasteiger partial charge is 0.257 e. The number of rotatable bonds is 5. The fourth-order valence-corrected chi connectivity index (χ4v) is 3.96. The van der Waals surface area contributed by atoms with E-state index in [0.717, 1.165) is 18.0 Å². The molecule has 1 aliphatic heterocycles. The number of hydrogen-bond donors (Lipinski definition) is 0. The summed E-state index contributed by atoms with van der Waals surface area (Å²) in [7, 11) is 0. The highest BCUT2D eigenvalue weighted by Crippen LogP contribution is 2.27. The number of aromatic nitrogens is 2. The molecule has 3 unspecified atom stereocenters. The van der Waals surface area contributed by atoms with Gasteiger partial charge in [0.15, 0.2) is 5.16 Å². The fraction of sp³-hybridized carbons (Fsp3) is 0.706. The molecule has 1 aliphatic rings. The molecule has 2 rings (SSSR count). The topological polar surface area (TPSA) is 55.2 Å². The molecule has 0 aliphatic carbocycles. The summed E-state index contributed by atoms with van der Waals surface area (Å²) in [6, 6.07) is 0.437. The molecule has 1 aromatic heterocycles. The van der Waals surface area contributed by atoms with Crippen molar-refractivity contribution in [3.63, 3.8) is 0 Å². The highest BCUT2D eigenvalue weighted by Gasteiger charge is 2.33. The maximum absolute atomic E-state index is 13.1. The van der Waals surface area contributed by atoms with Crippen LogP contribution in [0.2, 0.25) is 0 Å². The predicted molar refractivity (Wildman–Crippen MR) is 93.8 cm³/mol. The molecule has 0 aromatic carbocycles. The van der Waals surface area contributed by atoms with Crippen LogP contribution in [0, 0.1) is 12.8 Å². The van der Waals surface area contributed by atoms with Crippen molar-refractivity contribution in [1.82, 2.24) is 14.5 Å². The van der Waals surface area contributed by atoms with Crippen LogP contribution in [0.3, 0.4) is 0 Å². The van der Waals surface area contributed by atoms with Gasteiger partial charge >= 0.3 is 0 Å². The summed E-state index contributed by atoms with van der Waals surface area (Å²) in [6.07, 6.45) is 3.49. The van der Waals surface area contributed by atoms with E-state index in [1.165, 1.54) is 11.8 Å². The Bertz CT molecular complexity index is 619. The average molecular weight is 337 g/mol. The highest BCUT2D eigenvalue weighted by atomic mass is 32.2. The third-order valence-corrected chi connectivity index (χ3v) is 5.89. The van der Waals surface area contributed by atoms with E-state index in [1.807, 2.05) is 4.90 Å². The van der Waals surface area contributed by atoms with E-state index >= 15 is 0 Å². The van der Waals surface area contributed by atoms with E-state index in [2.05, 4.69) is 32.7 Å². The van der Waals surface area contributed by atoms with E-state index in [-0.39, 0.29) is 29.5 Å². The Hall–Kier alpha value is -1.30. The minimum atomic E-state index is -0.156. The number of carbonyl (C=O) groups is 1. The van der Waals surface area contributed by atoms with Crippen LogP contribution in [0.25, 0.3) is 0 Å². The van der Waals surface area contributed by atoms with E-state index in [1.54, 1.807) is 17.7 Å². The zero-order chi connectivity index (χ0) is 17.1. The monoisotopic (exact) mass is 337 g/mol. The quantitative estimate of drug-likeness (QED) is 0.775. The van der Waals surface area contributed by atoms with Gasteiger partial charge in [-0.05, 0) is 33.6 Å². The molecule has 0 saturated carbocycles. The molecule has 5 nitrogen and oxygen atoms in total. The lowest BCUT2D eigenvalue weighted by molar-refractivity contribution is -0.140. The molecule has 23 heavy (non-hydrogen) atoms. The fourth-order valence-electron chi connectivity index (χ4n) is 2.92. The number of aryl methyl sites for hydroxylation is 1. The van der Waals surface area contributed by atoms with Crippen LogP contribution in [-0.4, -0.2) is 38.2 Å². The first-order chi connectivity index (χ1) is 10.9. The predicted octanol–water partition coefficient (Wildman–Crippen LogP) is 2.70. The normalized spacial score (nSPS) is 19.8. The van der Waals surface area contributed by atoms with Crippen LogP contribution in [-0.2, 0) is 11.3 Å². The van der Waals surface area contributed by atoms with Gasteiger partial charge in [-0.15, -0.1) is 0 Å². The van der Waals surface area contributed by atoms with Gasteiger partial charge in [0.1, 0.15) is 0 Å². The van der Waals surface area contributed by atoms with Crippen molar-refractivity contribution >= 4 is 17.7 Å². The van der Waals surface area contributed by atoms with Gasteiger partial charge in [-0.1, -0.05) is 25.6 Å². The van der Waals surface area contributed by atoms with Crippen LogP contribution in [0.1, 0.15) is 46.1 Å². The molecule has 2 heterocycles. The largest absolute Gasteiger partial charge is 0.337 e. The summed E-state index contributed by atoms with van der Waals surface area (Å²) in [6.45, 7) is 10.6. The van der Waals surface area contributed by atoms with Crippen LogP contribution in [0.4, 0.5) is 0 Å². The first kappa shape index (κ1) is 18.0. The first-order valence-corrected chi connectivity index (χ1v) is 9.40. The number of thioether (sulfide) groups is 1. The second kappa shape index (κ2) is 7.51. The molecule has 1 aromatic rings. The van der Waals surface area contributed by atoms with Crippen LogP contribution in [0.5, 0.6) is 0 Å². The lowest BCUT2D eigenvalue weighted by Crippen LogP contribution is -2.49. The molecule has 0 radical (unpaired) electrons. The van der Waals surface area contributed by atoms with E-state index in [0.29, 0.717) is 17.9 Å². The standard InChI is InChI=1S/C17H27N3O2S/c1-6-12(4)20(13(5)7-2)16(22)14-9-19-15(21)11(3)8-18-17(19)23-10-14/h8,12-14H,6-7,9-10H2,1-5H3. The molecule has 0 N–H and O–H groups in total. The minimum absolute atomic E-state index is 0.0290. The molecule has 128 valence electrons. The molecule has 0 fully saturated rings. The number of carbonyl (C=O) groups excluding carboxylic acids is 1. The second-order valence-electron chi connectivity index (χ2n) is 6.41.